The van der Waals surface area contributed by atoms with Crippen molar-refractivity contribution in [2.45, 2.75) is 44.6 Å². The first-order chi connectivity index (χ1) is 8.86. The van der Waals surface area contributed by atoms with Gasteiger partial charge in [-0.05, 0) is 0 Å². The third-order valence-corrected chi connectivity index (χ3v) is 2.63. The highest BCUT2D eigenvalue weighted by Crippen LogP contribution is 2.24. The molecule has 5 atom stereocenters. The van der Waals surface area contributed by atoms with Gasteiger partial charge in [0.2, 0.25) is 0 Å². The normalized spacial score (nSPS) is 34.7. The van der Waals surface area contributed by atoms with Crippen LogP contribution < -0.4 is 0 Å². The number of carbonyl (C=O) groups excluding carboxylic acids is 2. The molecule has 0 aromatic rings. The van der Waals surface area contributed by atoms with Gasteiger partial charge in [0.25, 0.3) is 0 Å². The van der Waals surface area contributed by atoms with Crippen molar-refractivity contribution in [2.24, 2.45) is 0 Å². The molecule has 110 valence electrons. The van der Waals surface area contributed by atoms with Gasteiger partial charge in [-0.25, -0.2) is 0 Å². The zero-order chi connectivity index (χ0) is 14.6. The van der Waals surface area contributed by atoms with Gasteiger partial charge in [0.1, 0.15) is 24.9 Å². The molecule has 0 aromatic carbocycles. The minimum atomic E-state index is -1.34. The first-order valence-corrected chi connectivity index (χ1v) is 5.71. The second-order valence-electron chi connectivity index (χ2n) is 4.14. The summed E-state index contributed by atoms with van der Waals surface area (Å²) in [7, 11) is 1.29. The Morgan fingerprint density at radius 1 is 1.16 bits per heavy atom. The van der Waals surface area contributed by atoms with Gasteiger partial charge in [0, 0.05) is 21.0 Å². The van der Waals surface area contributed by atoms with Crippen LogP contribution in [0, 0.1) is 0 Å². The van der Waals surface area contributed by atoms with Crippen molar-refractivity contribution in [1.29, 1.82) is 0 Å². The van der Waals surface area contributed by atoms with E-state index in [2.05, 4.69) is 0 Å². The predicted molar refractivity (Wildman–Crippen MR) is 59.9 cm³/mol. The van der Waals surface area contributed by atoms with Crippen LogP contribution in [0.5, 0.6) is 0 Å². The van der Waals surface area contributed by atoms with E-state index in [-0.39, 0.29) is 6.61 Å². The van der Waals surface area contributed by atoms with E-state index in [1.807, 2.05) is 0 Å². The zero-order valence-corrected chi connectivity index (χ0v) is 10.9. The Morgan fingerprint density at radius 3 is 2.26 bits per heavy atom. The second kappa shape index (κ2) is 6.80. The molecule has 0 aliphatic carbocycles. The van der Waals surface area contributed by atoms with Crippen molar-refractivity contribution in [3.05, 3.63) is 0 Å². The average Bonchev–Trinajstić information content (AvgIpc) is 2.33. The molecule has 0 saturated carbocycles. The summed E-state index contributed by atoms with van der Waals surface area (Å²) < 4.78 is 19.7. The number of esters is 2. The van der Waals surface area contributed by atoms with Gasteiger partial charge in [0.05, 0.1) is 0 Å². The Hall–Kier alpha value is -1.22. The minimum Gasteiger partial charge on any atom is -0.463 e. The van der Waals surface area contributed by atoms with Crippen LogP contribution in [0.4, 0.5) is 0 Å². The van der Waals surface area contributed by atoms with Crippen LogP contribution in [-0.2, 0) is 28.5 Å². The van der Waals surface area contributed by atoms with Gasteiger partial charge in [0.15, 0.2) is 12.4 Å². The number of ether oxygens (including phenoxy) is 4. The number of rotatable bonds is 4. The highest BCUT2D eigenvalue weighted by atomic mass is 16.7. The molecule has 2 N–H and O–H groups in total. The van der Waals surface area contributed by atoms with Crippen molar-refractivity contribution in [3.63, 3.8) is 0 Å². The fraction of sp³-hybridized carbons (Fsp3) is 0.818. The Morgan fingerprint density at radius 2 is 1.79 bits per heavy atom. The molecule has 8 nitrogen and oxygen atoms in total. The molecule has 0 amide bonds. The first kappa shape index (κ1) is 15.8. The van der Waals surface area contributed by atoms with Gasteiger partial charge in [-0.1, -0.05) is 0 Å². The van der Waals surface area contributed by atoms with Crippen LogP contribution in [0.3, 0.4) is 0 Å². The largest absolute Gasteiger partial charge is 0.463 e. The summed E-state index contributed by atoms with van der Waals surface area (Å²) in [5, 5.41) is 19.8. The van der Waals surface area contributed by atoms with Crippen LogP contribution in [0.2, 0.25) is 0 Å². The lowest BCUT2D eigenvalue weighted by molar-refractivity contribution is -0.297. The lowest BCUT2D eigenvalue weighted by Crippen LogP contribution is -2.60. The zero-order valence-electron chi connectivity index (χ0n) is 10.9. The Labute approximate surface area is 110 Å². The third-order valence-electron chi connectivity index (χ3n) is 2.63. The summed E-state index contributed by atoms with van der Waals surface area (Å²) in [6.07, 6.45) is -5.92. The SMILES string of the molecule is CO[C@@H]1O[C@H](COC(C)=O)[C@H](O)[C@H](OC(C)=O)[C@@H]1O. The molecule has 0 spiro atoms. The van der Waals surface area contributed by atoms with Crippen molar-refractivity contribution in [1.82, 2.24) is 0 Å². The molecule has 1 saturated heterocycles. The fourth-order valence-corrected chi connectivity index (χ4v) is 1.77. The van der Waals surface area contributed by atoms with Gasteiger partial charge < -0.3 is 29.2 Å². The van der Waals surface area contributed by atoms with E-state index in [0.717, 1.165) is 6.92 Å². The lowest BCUT2D eigenvalue weighted by atomic mass is 9.99. The summed E-state index contributed by atoms with van der Waals surface area (Å²) in [5.41, 5.74) is 0. The summed E-state index contributed by atoms with van der Waals surface area (Å²) in [5.74, 6) is -1.20. The average molecular weight is 278 g/mol. The highest BCUT2D eigenvalue weighted by Gasteiger charge is 2.47. The van der Waals surface area contributed by atoms with Gasteiger partial charge >= 0.3 is 11.9 Å². The number of carbonyl (C=O) groups is 2. The molecular weight excluding hydrogens is 260 g/mol. The van der Waals surface area contributed by atoms with E-state index in [9.17, 15) is 19.8 Å². The molecule has 19 heavy (non-hydrogen) atoms. The van der Waals surface area contributed by atoms with E-state index in [1.165, 1.54) is 14.0 Å². The second-order valence-corrected chi connectivity index (χ2v) is 4.14. The standard InChI is InChI=1S/C11H18O8/c1-5(12)17-4-7-8(14)10(18-6(2)13)9(15)11(16-3)19-7/h7-11,14-15H,4H2,1-3H3/t7-,8+,9+,10+,11-/m1/s1. The number of aliphatic hydroxyl groups excluding tert-OH is 2. The molecule has 1 heterocycles. The maximum absolute atomic E-state index is 11.0. The third kappa shape index (κ3) is 4.13. The van der Waals surface area contributed by atoms with E-state index in [0.29, 0.717) is 0 Å². The molecule has 1 aliphatic rings. The quantitative estimate of drug-likeness (QED) is 0.602. The number of hydrogen-bond acceptors (Lipinski definition) is 8. The summed E-state index contributed by atoms with van der Waals surface area (Å²) in [6, 6.07) is 0. The van der Waals surface area contributed by atoms with Gasteiger partial charge in [-0.15, -0.1) is 0 Å². The van der Waals surface area contributed by atoms with Gasteiger partial charge in [-0.2, -0.15) is 0 Å². The van der Waals surface area contributed by atoms with Crippen LogP contribution in [0.25, 0.3) is 0 Å². The van der Waals surface area contributed by atoms with Crippen LogP contribution in [0.15, 0.2) is 0 Å². The maximum atomic E-state index is 11.0. The molecule has 0 aromatic heterocycles. The maximum Gasteiger partial charge on any atom is 0.303 e. The van der Waals surface area contributed by atoms with Crippen LogP contribution in [0.1, 0.15) is 13.8 Å². The number of methoxy groups -OCH3 is 1. The van der Waals surface area contributed by atoms with Crippen molar-refractivity contribution in [3.8, 4) is 0 Å². The summed E-state index contributed by atoms with van der Waals surface area (Å²) in [6.45, 7) is 2.13. The molecule has 1 fully saturated rings. The van der Waals surface area contributed by atoms with Crippen molar-refractivity contribution in [2.75, 3.05) is 13.7 Å². The van der Waals surface area contributed by atoms with Gasteiger partial charge in [-0.3, -0.25) is 9.59 Å². The fourth-order valence-electron chi connectivity index (χ4n) is 1.77. The molecular formula is C11H18O8. The monoisotopic (exact) mass is 278 g/mol. The van der Waals surface area contributed by atoms with E-state index in [1.54, 1.807) is 0 Å². The molecule has 8 heteroatoms. The molecule has 1 aliphatic heterocycles. The number of hydrogen-bond donors (Lipinski definition) is 2. The van der Waals surface area contributed by atoms with Crippen molar-refractivity contribution < 1.29 is 38.7 Å². The Kier molecular flexibility index (Phi) is 5.67. The molecule has 0 bridgehead atoms. The topological polar surface area (TPSA) is 112 Å². The molecule has 0 radical (unpaired) electrons. The minimum absolute atomic E-state index is 0.235. The predicted octanol–water partition coefficient (Wildman–Crippen LogP) is -1.43. The van der Waals surface area contributed by atoms with E-state index >= 15 is 0 Å². The Balaban J connectivity index is 2.77. The summed E-state index contributed by atoms with van der Waals surface area (Å²) >= 11 is 0. The lowest BCUT2D eigenvalue weighted by Gasteiger charge is -2.40. The van der Waals surface area contributed by atoms with Crippen molar-refractivity contribution >= 4 is 11.9 Å². The smallest absolute Gasteiger partial charge is 0.303 e. The molecule has 1 rings (SSSR count). The van der Waals surface area contributed by atoms with E-state index in [4.69, 9.17) is 18.9 Å². The Bertz CT molecular complexity index is 331. The number of aliphatic hydroxyl groups is 2. The summed E-state index contributed by atoms with van der Waals surface area (Å²) in [4.78, 5) is 21.7. The van der Waals surface area contributed by atoms with Crippen LogP contribution in [-0.4, -0.2) is 66.6 Å². The van der Waals surface area contributed by atoms with Crippen LogP contribution >= 0.6 is 0 Å². The highest BCUT2D eigenvalue weighted by molar-refractivity contribution is 5.66. The molecule has 0 unspecified atom stereocenters. The first-order valence-electron chi connectivity index (χ1n) is 5.71. The van der Waals surface area contributed by atoms with E-state index < -0.39 is 42.6 Å².